The molecular formula is C22H28N2O2. The summed E-state index contributed by atoms with van der Waals surface area (Å²) < 4.78 is 0. The van der Waals surface area contributed by atoms with Crippen molar-refractivity contribution in [3.05, 3.63) is 65.2 Å². The van der Waals surface area contributed by atoms with Crippen LogP contribution in [0.2, 0.25) is 0 Å². The molecule has 1 aliphatic rings. The monoisotopic (exact) mass is 352 g/mol. The van der Waals surface area contributed by atoms with Gasteiger partial charge in [-0.25, -0.2) is 0 Å². The Morgan fingerprint density at radius 2 is 1.85 bits per heavy atom. The summed E-state index contributed by atoms with van der Waals surface area (Å²) in [5, 5.41) is 12.0. The van der Waals surface area contributed by atoms with Gasteiger partial charge in [0.1, 0.15) is 5.75 Å². The molecule has 1 heterocycles. The van der Waals surface area contributed by atoms with E-state index in [0.717, 1.165) is 37.5 Å². The van der Waals surface area contributed by atoms with Crippen molar-refractivity contribution in [2.24, 2.45) is 5.92 Å². The summed E-state index contributed by atoms with van der Waals surface area (Å²) in [4.78, 5) is 14.3. The predicted molar refractivity (Wildman–Crippen MR) is 104 cm³/mol. The predicted octanol–water partition coefficient (Wildman–Crippen LogP) is 3.60. The minimum absolute atomic E-state index is 0.0280. The van der Waals surface area contributed by atoms with Crippen LogP contribution in [0.25, 0.3) is 0 Å². The maximum atomic E-state index is 11.8. The van der Waals surface area contributed by atoms with Gasteiger partial charge in [-0.2, -0.15) is 0 Å². The van der Waals surface area contributed by atoms with E-state index in [9.17, 15) is 9.90 Å². The molecule has 0 aromatic heterocycles. The fraction of sp³-hybridized carbons (Fsp3) is 0.409. The van der Waals surface area contributed by atoms with E-state index in [-0.39, 0.29) is 5.91 Å². The summed E-state index contributed by atoms with van der Waals surface area (Å²) in [6, 6.07) is 15.5. The number of nitrogens with zero attached hydrogens (tertiary/aromatic N) is 1. The molecule has 0 saturated carbocycles. The first-order valence-electron chi connectivity index (χ1n) is 9.45. The number of nitrogens with one attached hydrogen (secondary N) is 1. The molecule has 2 aromatic carbocycles. The number of hydrogen-bond acceptors (Lipinski definition) is 3. The average molecular weight is 352 g/mol. The van der Waals surface area contributed by atoms with Gasteiger partial charge < -0.3 is 10.4 Å². The Morgan fingerprint density at radius 1 is 1.12 bits per heavy atom. The molecule has 1 fully saturated rings. The second-order valence-corrected chi connectivity index (χ2v) is 7.20. The second-order valence-electron chi connectivity index (χ2n) is 7.20. The summed E-state index contributed by atoms with van der Waals surface area (Å²) in [5.74, 6) is 1.08. The number of piperidine rings is 1. The second kappa shape index (κ2) is 8.86. The summed E-state index contributed by atoms with van der Waals surface area (Å²) in [6.45, 7) is 3.14. The number of phenolic OH excluding ortho intramolecular Hbond substituents is 1. The number of carbonyl (C=O) groups is 1. The number of hydrogen-bond donors (Lipinski definition) is 2. The Labute approximate surface area is 155 Å². The number of benzene rings is 2. The van der Waals surface area contributed by atoms with E-state index < -0.39 is 0 Å². The molecule has 2 aromatic rings. The molecule has 138 valence electrons. The van der Waals surface area contributed by atoms with Gasteiger partial charge in [0, 0.05) is 19.2 Å². The van der Waals surface area contributed by atoms with Gasteiger partial charge >= 0.3 is 0 Å². The van der Waals surface area contributed by atoms with Crippen molar-refractivity contribution in [1.29, 1.82) is 0 Å². The lowest BCUT2D eigenvalue weighted by Crippen LogP contribution is -2.33. The molecule has 1 amide bonds. The third kappa shape index (κ3) is 5.09. The van der Waals surface area contributed by atoms with Crippen LogP contribution in [0.1, 0.15) is 40.7 Å². The van der Waals surface area contributed by atoms with Crippen LogP contribution in [-0.2, 0) is 13.0 Å². The SMILES string of the molecule is CNC(=O)c1cccc(CN2CCC(CCc3ccc(O)cc3)CC2)c1. The van der Waals surface area contributed by atoms with Crippen molar-refractivity contribution in [2.45, 2.75) is 32.2 Å². The highest BCUT2D eigenvalue weighted by molar-refractivity contribution is 5.94. The van der Waals surface area contributed by atoms with Crippen LogP contribution >= 0.6 is 0 Å². The molecule has 0 spiro atoms. The summed E-state index contributed by atoms with van der Waals surface area (Å²) >= 11 is 0. The molecule has 1 saturated heterocycles. The Balaban J connectivity index is 1.45. The number of carbonyl (C=O) groups excluding carboxylic acids is 1. The van der Waals surface area contributed by atoms with Crippen molar-refractivity contribution in [2.75, 3.05) is 20.1 Å². The maximum absolute atomic E-state index is 11.8. The van der Waals surface area contributed by atoms with Crippen LogP contribution in [0.5, 0.6) is 5.75 Å². The maximum Gasteiger partial charge on any atom is 0.251 e. The highest BCUT2D eigenvalue weighted by Gasteiger charge is 2.19. The van der Waals surface area contributed by atoms with Gasteiger partial charge in [-0.05, 0) is 80.1 Å². The van der Waals surface area contributed by atoms with E-state index in [1.165, 1.54) is 30.4 Å². The van der Waals surface area contributed by atoms with Crippen LogP contribution < -0.4 is 5.32 Å². The number of aromatic hydroxyl groups is 1. The first-order valence-corrected chi connectivity index (χ1v) is 9.45. The Hall–Kier alpha value is -2.33. The van der Waals surface area contributed by atoms with Gasteiger partial charge in [-0.3, -0.25) is 9.69 Å². The zero-order valence-electron chi connectivity index (χ0n) is 15.4. The largest absolute Gasteiger partial charge is 0.508 e. The van der Waals surface area contributed by atoms with Crippen molar-refractivity contribution < 1.29 is 9.90 Å². The van der Waals surface area contributed by atoms with E-state index in [4.69, 9.17) is 0 Å². The van der Waals surface area contributed by atoms with Gasteiger partial charge in [-0.15, -0.1) is 0 Å². The molecule has 26 heavy (non-hydrogen) atoms. The fourth-order valence-electron chi connectivity index (χ4n) is 3.68. The van der Waals surface area contributed by atoms with Crippen molar-refractivity contribution >= 4 is 5.91 Å². The third-order valence-corrected chi connectivity index (χ3v) is 5.31. The molecular weight excluding hydrogens is 324 g/mol. The van der Waals surface area contributed by atoms with Crippen molar-refractivity contribution in [1.82, 2.24) is 10.2 Å². The summed E-state index contributed by atoms with van der Waals surface area (Å²) in [7, 11) is 1.66. The van der Waals surface area contributed by atoms with Crippen LogP contribution in [0.15, 0.2) is 48.5 Å². The first kappa shape index (κ1) is 18.5. The summed E-state index contributed by atoms with van der Waals surface area (Å²) in [6.07, 6.45) is 4.75. The summed E-state index contributed by atoms with van der Waals surface area (Å²) in [5.41, 5.74) is 3.23. The quantitative estimate of drug-likeness (QED) is 0.835. The van der Waals surface area contributed by atoms with E-state index >= 15 is 0 Å². The highest BCUT2D eigenvalue weighted by Crippen LogP contribution is 2.24. The van der Waals surface area contributed by atoms with Gasteiger partial charge in [0.2, 0.25) is 0 Å². The molecule has 0 unspecified atom stereocenters. The number of aryl methyl sites for hydroxylation is 1. The van der Waals surface area contributed by atoms with Crippen molar-refractivity contribution in [3.8, 4) is 5.75 Å². The zero-order chi connectivity index (χ0) is 18.4. The normalized spacial score (nSPS) is 15.7. The van der Waals surface area contributed by atoms with Gasteiger partial charge in [-0.1, -0.05) is 24.3 Å². The van der Waals surface area contributed by atoms with Gasteiger partial charge in [0.05, 0.1) is 0 Å². The van der Waals surface area contributed by atoms with Crippen LogP contribution in [0.3, 0.4) is 0 Å². The van der Waals surface area contributed by atoms with E-state index in [2.05, 4.69) is 16.3 Å². The number of amides is 1. The number of phenols is 1. The molecule has 0 radical (unpaired) electrons. The number of likely N-dealkylation sites (tertiary alicyclic amines) is 1. The Bertz CT molecular complexity index is 719. The van der Waals surface area contributed by atoms with Gasteiger partial charge in [0.15, 0.2) is 0 Å². The van der Waals surface area contributed by atoms with Crippen molar-refractivity contribution in [3.63, 3.8) is 0 Å². The standard InChI is InChI=1S/C22H28N2O2/c1-23-22(26)20-4-2-3-19(15-20)16-24-13-11-18(12-14-24)6-5-17-7-9-21(25)10-8-17/h2-4,7-10,15,18,25H,5-6,11-14,16H2,1H3,(H,23,26). The lowest BCUT2D eigenvalue weighted by atomic mass is 9.90. The van der Waals surface area contributed by atoms with E-state index in [1.807, 2.05) is 30.3 Å². The van der Waals surface area contributed by atoms with Crippen LogP contribution in [0, 0.1) is 5.92 Å². The Kier molecular flexibility index (Phi) is 6.29. The van der Waals surface area contributed by atoms with E-state index in [0.29, 0.717) is 5.75 Å². The lowest BCUT2D eigenvalue weighted by molar-refractivity contribution is 0.0963. The van der Waals surface area contributed by atoms with Crippen LogP contribution in [0.4, 0.5) is 0 Å². The first-order chi connectivity index (χ1) is 12.6. The third-order valence-electron chi connectivity index (χ3n) is 5.31. The fourth-order valence-corrected chi connectivity index (χ4v) is 3.68. The molecule has 0 aliphatic carbocycles. The van der Waals surface area contributed by atoms with Crippen LogP contribution in [-0.4, -0.2) is 36.1 Å². The van der Waals surface area contributed by atoms with E-state index in [1.54, 1.807) is 19.2 Å². The highest BCUT2D eigenvalue weighted by atomic mass is 16.3. The molecule has 0 bridgehead atoms. The molecule has 2 N–H and O–H groups in total. The minimum atomic E-state index is -0.0280. The molecule has 4 heteroatoms. The molecule has 3 rings (SSSR count). The topological polar surface area (TPSA) is 52.6 Å². The lowest BCUT2D eigenvalue weighted by Gasteiger charge is -2.32. The minimum Gasteiger partial charge on any atom is -0.508 e. The Morgan fingerprint density at radius 3 is 2.54 bits per heavy atom. The molecule has 1 aliphatic heterocycles. The molecule has 4 nitrogen and oxygen atoms in total. The smallest absolute Gasteiger partial charge is 0.251 e. The molecule has 0 atom stereocenters. The average Bonchev–Trinajstić information content (AvgIpc) is 2.68. The zero-order valence-corrected chi connectivity index (χ0v) is 15.4. The van der Waals surface area contributed by atoms with Gasteiger partial charge in [0.25, 0.3) is 5.91 Å². The number of rotatable bonds is 6.